The van der Waals surface area contributed by atoms with E-state index in [1.54, 1.807) is 36.4 Å². The lowest BCUT2D eigenvalue weighted by Gasteiger charge is -2.08. The van der Waals surface area contributed by atoms with Crippen molar-refractivity contribution in [1.82, 2.24) is 5.32 Å². The first-order valence-corrected chi connectivity index (χ1v) is 6.79. The Bertz CT molecular complexity index is 585. The number of halogens is 2. The summed E-state index contributed by atoms with van der Waals surface area (Å²) >= 11 is 11.7. The van der Waals surface area contributed by atoms with Crippen molar-refractivity contribution < 1.29 is 9.53 Å². The van der Waals surface area contributed by atoms with Crippen molar-refractivity contribution in [2.45, 2.75) is 6.54 Å². The van der Waals surface area contributed by atoms with Crippen molar-refractivity contribution in [3.8, 4) is 5.75 Å². The van der Waals surface area contributed by atoms with Gasteiger partial charge in [0.25, 0.3) is 5.91 Å². The second-order valence-electron chi connectivity index (χ2n) is 4.12. The van der Waals surface area contributed by atoms with Crippen LogP contribution in [-0.2, 0) is 11.3 Å². The van der Waals surface area contributed by atoms with E-state index in [1.807, 2.05) is 12.1 Å². The first kappa shape index (κ1) is 14.7. The van der Waals surface area contributed by atoms with Gasteiger partial charge in [-0.3, -0.25) is 4.79 Å². The molecule has 0 heterocycles. The van der Waals surface area contributed by atoms with Crippen LogP contribution in [0.15, 0.2) is 48.5 Å². The molecule has 104 valence electrons. The second-order valence-corrected chi connectivity index (χ2v) is 4.97. The molecule has 0 atom stereocenters. The van der Waals surface area contributed by atoms with E-state index < -0.39 is 0 Å². The van der Waals surface area contributed by atoms with Crippen LogP contribution in [0.25, 0.3) is 0 Å². The van der Waals surface area contributed by atoms with Crippen molar-refractivity contribution in [2.75, 3.05) is 6.61 Å². The fraction of sp³-hybridized carbons (Fsp3) is 0.133. The summed E-state index contributed by atoms with van der Waals surface area (Å²) in [5.41, 5.74) is 0.973. The first-order chi connectivity index (χ1) is 9.65. The molecular formula is C15H13Cl2NO2. The summed E-state index contributed by atoms with van der Waals surface area (Å²) in [7, 11) is 0. The van der Waals surface area contributed by atoms with Crippen LogP contribution in [-0.4, -0.2) is 12.5 Å². The molecule has 0 aliphatic rings. The Morgan fingerprint density at radius 1 is 1.05 bits per heavy atom. The quantitative estimate of drug-likeness (QED) is 0.914. The van der Waals surface area contributed by atoms with Gasteiger partial charge in [-0.15, -0.1) is 0 Å². The number of rotatable bonds is 5. The largest absolute Gasteiger partial charge is 0.482 e. The molecule has 0 aliphatic heterocycles. The highest BCUT2D eigenvalue weighted by atomic mass is 35.5. The molecule has 2 aromatic rings. The van der Waals surface area contributed by atoms with Crippen molar-refractivity contribution in [3.05, 3.63) is 64.1 Å². The van der Waals surface area contributed by atoms with Gasteiger partial charge in [-0.2, -0.15) is 0 Å². The maximum Gasteiger partial charge on any atom is 0.258 e. The van der Waals surface area contributed by atoms with Crippen LogP contribution < -0.4 is 10.1 Å². The van der Waals surface area contributed by atoms with Crippen LogP contribution in [0.4, 0.5) is 0 Å². The third-order valence-electron chi connectivity index (χ3n) is 2.60. The second kappa shape index (κ2) is 7.17. The number of hydrogen-bond acceptors (Lipinski definition) is 2. The van der Waals surface area contributed by atoms with Crippen molar-refractivity contribution >= 4 is 29.1 Å². The molecule has 0 unspecified atom stereocenters. The number of carbonyl (C=O) groups is 1. The molecule has 0 spiro atoms. The number of hydrogen-bond donors (Lipinski definition) is 1. The monoisotopic (exact) mass is 309 g/mol. The molecule has 0 aliphatic carbocycles. The Balaban J connectivity index is 1.78. The van der Waals surface area contributed by atoms with Crippen molar-refractivity contribution in [1.29, 1.82) is 0 Å². The molecule has 20 heavy (non-hydrogen) atoms. The minimum absolute atomic E-state index is 0.0721. The zero-order valence-corrected chi connectivity index (χ0v) is 12.1. The molecule has 2 aromatic carbocycles. The van der Waals surface area contributed by atoms with Crippen molar-refractivity contribution in [3.63, 3.8) is 0 Å². The van der Waals surface area contributed by atoms with E-state index in [4.69, 9.17) is 27.9 Å². The van der Waals surface area contributed by atoms with Gasteiger partial charge in [0.2, 0.25) is 0 Å². The van der Waals surface area contributed by atoms with Gasteiger partial charge in [-0.1, -0.05) is 47.5 Å². The van der Waals surface area contributed by atoms with E-state index in [0.717, 1.165) is 5.56 Å². The number of amides is 1. The van der Waals surface area contributed by atoms with Gasteiger partial charge in [-0.25, -0.2) is 0 Å². The molecule has 2 rings (SSSR count). The SMILES string of the molecule is O=C(COc1ccccc1Cl)NCc1ccc(Cl)cc1. The van der Waals surface area contributed by atoms with Gasteiger partial charge >= 0.3 is 0 Å². The van der Waals surface area contributed by atoms with E-state index in [-0.39, 0.29) is 12.5 Å². The highest BCUT2D eigenvalue weighted by Gasteiger charge is 2.05. The molecule has 3 nitrogen and oxygen atoms in total. The maximum absolute atomic E-state index is 11.7. The molecule has 0 fully saturated rings. The van der Waals surface area contributed by atoms with Crippen LogP contribution in [0.1, 0.15) is 5.56 Å². The maximum atomic E-state index is 11.7. The minimum Gasteiger partial charge on any atom is -0.482 e. The minimum atomic E-state index is -0.208. The average Bonchev–Trinajstić information content (AvgIpc) is 2.46. The topological polar surface area (TPSA) is 38.3 Å². The van der Waals surface area contributed by atoms with Crippen molar-refractivity contribution in [2.24, 2.45) is 0 Å². The molecule has 1 amide bonds. The fourth-order valence-electron chi connectivity index (χ4n) is 1.56. The number of carbonyl (C=O) groups excluding carboxylic acids is 1. The van der Waals surface area contributed by atoms with E-state index in [1.165, 1.54) is 0 Å². The molecular weight excluding hydrogens is 297 g/mol. The summed E-state index contributed by atoms with van der Waals surface area (Å²) in [6.07, 6.45) is 0. The molecule has 0 bridgehead atoms. The highest BCUT2D eigenvalue weighted by molar-refractivity contribution is 6.32. The van der Waals surface area contributed by atoms with E-state index in [9.17, 15) is 4.79 Å². The van der Waals surface area contributed by atoms with Crippen LogP contribution in [0.2, 0.25) is 10.0 Å². The normalized spacial score (nSPS) is 10.1. The van der Waals surface area contributed by atoms with Gasteiger partial charge in [0.1, 0.15) is 5.75 Å². The Morgan fingerprint density at radius 3 is 2.45 bits per heavy atom. The first-order valence-electron chi connectivity index (χ1n) is 6.03. The lowest BCUT2D eigenvalue weighted by molar-refractivity contribution is -0.123. The average molecular weight is 310 g/mol. The summed E-state index contributed by atoms with van der Waals surface area (Å²) in [6.45, 7) is 0.360. The van der Waals surface area contributed by atoms with Gasteiger partial charge in [0.05, 0.1) is 5.02 Å². The van der Waals surface area contributed by atoms with E-state index in [0.29, 0.717) is 22.3 Å². The molecule has 0 aromatic heterocycles. The lowest BCUT2D eigenvalue weighted by Crippen LogP contribution is -2.28. The van der Waals surface area contributed by atoms with E-state index >= 15 is 0 Å². The zero-order chi connectivity index (χ0) is 14.4. The van der Waals surface area contributed by atoms with Crippen LogP contribution in [0.3, 0.4) is 0 Å². The Kier molecular flexibility index (Phi) is 5.27. The van der Waals surface area contributed by atoms with E-state index in [2.05, 4.69) is 5.32 Å². The smallest absolute Gasteiger partial charge is 0.258 e. The fourth-order valence-corrected chi connectivity index (χ4v) is 1.88. The number of para-hydroxylation sites is 1. The molecule has 0 saturated heterocycles. The summed E-state index contributed by atoms with van der Waals surface area (Å²) in [5, 5.41) is 3.91. The number of ether oxygens (including phenoxy) is 1. The van der Waals surface area contributed by atoms with Crippen LogP contribution >= 0.6 is 23.2 Å². The Morgan fingerprint density at radius 2 is 1.75 bits per heavy atom. The third kappa shape index (κ3) is 4.44. The summed E-state index contributed by atoms with van der Waals surface area (Å²) in [5.74, 6) is 0.288. The van der Waals surface area contributed by atoms with Crippen LogP contribution in [0, 0.1) is 0 Å². The predicted molar refractivity (Wildman–Crippen MR) is 80.2 cm³/mol. The molecule has 1 N–H and O–H groups in total. The summed E-state index contributed by atoms with van der Waals surface area (Å²) in [6, 6.07) is 14.3. The summed E-state index contributed by atoms with van der Waals surface area (Å²) in [4.78, 5) is 11.7. The highest BCUT2D eigenvalue weighted by Crippen LogP contribution is 2.22. The molecule has 0 radical (unpaired) electrons. The molecule has 5 heteroatoms. The third-order valence-corrected chi connectivity index (χ3v) is 3.16. The molecule has 0 saturated carbocycles. The van der Waals surface area contributed by atoms with Gasteiger partial charge in [-0.05, 0) is 29.8 Å². The summed E-state index contributed by atoms with van der Waals surface area (Å²) < 4.78 is 5.34. The predicted octanol–water partition coefficient (Wildman–Crippen LogP) is 3.69. The zero-order valence-electron chi connectivity index (χ0n) is 10.6. The standard InChI is InChI=1S/C15H13Cl2NO2/c16-12-7-5-11(6-8-12)9-18-15(19)10-20-14-4-2-1-3-13(14)17/h1-8H,9-10H2,(H,18,19). The number of benzene rings is 2. The van der Waals surface area contributed by atoms with Crippen LogP contribution in [0.5, 0.6) is 5.75 Å². The Hall–Kier alpha value is -1.71. The lowest BCUT2D eigenvalue weighted by atomic mass is 10.2. The van der Waals surface area contributed by atoms with Gasteiger partial charge in [0, 0.05) is 11.6 Å². The number of nitrogens with one attached hydrogen (secondary N) is 1. The van der Waals surface area contributed by atoms with Gasteiger partial charge in [0.15, 0.2) is 6.61 Å². The van der Waals surface area contributed by atoms with Gasteiger partial charge < -0.3 is 10.1 Å². The Labute approximate surface area is 127 Å².